The van der Waals surface area contributed by atoms with Crippen LogP contribution in [-0.2, 0) is 26.1 Å². The number of rotatable bonds is 4. The molecule has 0 amide bonds. The Balaban J connectivity index is 3.45. The van der Waals surface area contributed by atoms with E-state index < -0.39 is 7.60 Å². The Kier molecular flexibility index (Phi) is 5.71. The molecule has 0 aliphatic heterocycles. The van der Waals surface area contributed by atoms with Crippen LogP contribution in [-0.4, -0.2) is 11.5 Å². The molecule has 0 aliphatic rings. The Hall–Kier alpha value is -0.630. The molecule has 0 aliphatic carbocycles. The van der Waals surface area contributed by atoms with Gasteiger partial charge in [-0.3, -0.25) is 4.57 Å². The van der Waals surface area contributed by atoms with E-state index in [0.717, 1.165) is 5.56 Å². The number of hydrogen-bond donors (Lipinski definition) is 1. The Morgan fingerprint density at radius 3 is 1.77 bits per heavy atom. The first-order valence-corrected chi connectivity index (χ1v) is 9.65. The summed E-state index contributed by atoms with van der Waals surface area (Å²) in [6.07, 6.45) is 0.0628. The highest BCUT2D eigenvalue weighted by molar-refractivity contribution is 7.51. The van der Waals surface area contributed by atoms with Crippen molar-refractivity contribution in [1.29, 1.82) is 0 Å². The molecule has 1 aromatic rings. The van der Waals surface area contributed by atoms with Crippen molar-refractivity contribution in [2.24, 2.45) is 0 Å². The van der Waals surface area contributed by atoms with Crippen molar-refractivity contribution >= 4 is 7.60 Å². The first-order chi connectivity index (χ1) is 9.78. The van der Waals surface area contributed by atoms with Crippen molar-refractivity contribution in [3.05, 3.63) is 34.4 Å². The van der Waals surface area contributed by atoms with Crippen LogP contribution in [0, 0.1) is 6.92 Å². The van der Waals surface area contributed by atoms with Crippen LogP contribution in [0.2, 0.25) is 0 Å². The van der Waals surface area contributed by atoms with E-state index in [-0.39, 0.29) is 23.6 Å². The largest absolute Gasteiger partial charge is 0.332 e. The number of hydrogen-bond acceptors (Lipinski definition) is 2. The summed E-state index contributed by atoms with van der Waals surface area (Å²) in [5, 5.41) is 0. The summed E-state index contributed by atoms with van der Waals surface area (Å²) in [6, 6.07) is 4.12. The fourth-order valence-corrected chi connectivity index (χ4v) is 4.04. The first kappa shape index (κ1) is 19.4. The van der Waals surface area contributed by atoms with Gasteiger partial charge in [0.15, 0.2) is 0 Å². The lowest BCUT2D eigenvalue weighted by molar-refractivity contribution is 0.272. The second-order valence-electron chi connectivity index (χ2n) is 8.03. The van der Waals surface area contributed by atoms with Crippen LogP contribution in [0.4, 0.5) is 0 Å². The van der Waals surface area contributed by atoms with E-state index >= 15 is 0 Å². The predicted octanol–water partition coefficient (Wildman–Crippen LogP) is 5.31. The third-order valence-corrected chi connectivity index (χ3v) is 5.22. The van der Waals surface area contributed by atoms with E-state index in [0.29, 0.717) is 0 Å². The molecule has 0 radical (unpaired) electrons. The van der Waals surface area contributed by atoms with Crippen molar-refractivity contribution in [2.75, 3.05) is 6.61 Å². The van der Waals surface area contributed by atoms with Gasteiger partial charge in [0.05, 0.1) is 12.8 Å². The molecule has 0 aromatic heterocycles. The van der Waals surface area contributed by atoms with Gasteiger partial charge in [0.2, 0.25) is 0 Å². The molecule has 1 N–H and O–H groups in total. The zero-order chi connectivity index (χ0) is 17.3. The summed E-state index contributed by atoms with van der Waals surface area (Å²) in [4.78, 5) is 9.96. The van der Waals surface area contributed by atoms with Crippen LogP contribution in [0.25, 0.3) is 0 Å². The second-order valence-corrected chi connectivity index (χ2v) is 9.88. The fraction of sp³-hybridized carbons (Fsp3) is 0.667. The molecule has 0 saturated carbocycles. The monoisotopic (exact) mass is 326 g/mol. The van der Waals surface area contributed by atoms with Crippen LogP contribution in [0.1, 0.15) is 70.7 Å². The Bertz CT molecular complexity index is 542. The average molecular weight is 326 g/mol. The molecule has 4 heteroatoms. The van der Waals surface area contributed by atoms with Crippen molar-refractivity contribution in [2.45, 2.75) is 72.4 Å². The van der Waals surface area contributed by atoms with Crippen LogP contribution in [0.5, 0.6) is 0 Å². The van der Waals surface area contributed by atoms with Gasteiger partial charge in [0.1, 0.15) is 0 Å². The van der Waals surface area contributed by atoms with Gasteiger partial charge in [-0.25, -0.2) is 0 Å². The lowest BCUT2D eigenvalue weighted by Crippen LogP contribution is -2.20. The van der Waals surface area contributed by atoms with Gasteiger partial charge < -0.3 is 9.42 Å². The lowest BCUT2D eigenvalue weighted by atomic mass is 9.76. The minimum absolute atomic E-state index is 0.00878. The van der Waals surface area contributed by atoms with Crippen LogP contribution in [0.3, 0.4) is 0 Å². The molecule has 0 heterocycles. The van der Waals surface area contributed by atoms with Crippen molar-refractivity contribution in [1.82, 2.24) is 0 Å². The van der Waals surface area contributed by atoms with Gasteiger partial charge in [0.25, 0.3) is 0 Å². The van der Waals surface area contributed by atoms with E-state index in [9.17, 15) is 9.46 Å². The molecule has 0 bridgehead atoms. The molecule has 3 nitrogen and oxygen atoms in total. The quantitative estimate of drug-likeness (QED) is 0.763. The third-order valence-electron chi connectivity index (χ3n) is 3.80. The normalized spacial score (nSPS) is 15.7. The van der Waals surface area contributed by atoms with Crippen LogP contribution in [0.15, 0.2) is 12.1 Å². The molecular weight excluding hydrogens is 295 g/mol. The zero-order valence-corrected chi connectivity index (χ0v) is 16.2. The Labute approximate surface area is 135 Å². The Morgan fingerprint density at radius 2 is 1.45 bits per heavy atom. The SMILES string of the molecule is CCOP(=O)(O)Cc1cc(C(C)(C)C)c(C)c(C(C)(C)C)c1. The molecule has 1 rings (SSSR count). The standard InChI is InChI=1S/C18H31O3P/c1-9-21-22(19,20)12-14-10-15(17(3,4)5)13(2)16(11-14)18(6,7)8/h10-11H,9,12H2,1-8H3,(H,19,20). The van der Waals surface area contributed by atoms with Gasteiger partial charge in [-0.15, -0.1) is 0 Å². The number of benzene rings is 1. The smallest absolute Gasteiger partial charge is 0.324 e. The summed E-state index contributed by atoms with van der Waals surface area (Å²) < 4.78 is 17.1. The summed E-state index contributed by atoms with van der Waals surface area (Å²) in [7, 11) is -3.57. The molecule has 0 saturated heterocycles. The highest BCUT2D eigenvalue weighted by Gasteiger charge is 2.27. The van der Waals surface area contributed by atoms with Crippen LogP contribution < -0.4 is 0 Å². The highest BCUT2D eigenvalue weighted by atomic mass is 31.2. The summed E-state index contributed by atoms with van der Waals surface area (Å²) in [5.74, 6) is 0. The predicted molar refractivity (Wildman–Crippen MR) is 93.7 cm³/mol. The third kappa shape index (κ3) is 4.94. The minimum atomic E-state index is -3.57. The Morgan fingerprint density at radius 1 is 1.05 bits per heavy atom. The maximum Gasteiger partial charge on any atom is 0.332 e. The van der Waals surface area contributed by atoms with E-state index in [4.69, 9.17) is 4.52 Å². The maximum absolute atomic E-state index is 12.1. The van der Waals surface area contributed by atoms with Gasteiger partial charge in [-0.05, 0) is 46.9 Å². The van der Waals surface area contributed by atoms with Crippen molar-refractivity contribution < 1.29 is 14.0 Å². The molecule has 0 fully saturated rings. The zero-order valence-electron chi connectivity index (χ0n) is 15.3. The summed E-state index contributed by atoms with van der Waals surface area (Å²) >= 11 is 0. The highest BCUT2D eigenvalue weighted by Crippen LogP contribution is 2.47. The van der Waals surface area contributed by atoms with Gasteiger partial charge in [-0.2, -0.15) is 0 Å². The minimum Gasteiger partial charge on any atom is -0.324 e. The maximum atomic E-state index is 12.1. The summed E-state index contributed by atoms with van der Waals surface area (Å²) in [6.45, 7) is 17.2. The first-order valence-electron chi connectivity index (χ1n) is 7.89. The summed E-state index contributed by atoms with van der Waals surface area (Å²) in [5.41, 5.74) is 4.58. The molecule has 1 aromatic carbocycles. The van der Waals surface area contributed by atoms with E-state index in [1.165, 1.54) is 16.7 Å². The topological polar surface area (TPSA) is 46.5 Å². The van der Waals surface area contributed by atoms with Gasteiger partial charge in [-0.1, -0.05) is 53.7 Å². The molecule has 1 unspecified atom stereocenters. The average Bonchev–Trinajstić information content (AvgIpc) is 2.27. The molecule has 126 valence electrons. The van der Waals surface area contributed by atoms with E-state index in [1.807, 2.05) is 0 Å². The molecule has 1 atom stereocenters. The molecule has 0 spiro atoms. The second kappa shape index (κ2) is 6.47. The fourth-order valence-electron chi connectivity index (χ4n) is 2.90. The van der Waals surface area contributed by atoms with E-state index in [1.54, 1.807) is 6.92 Å². The van der Waals surface area contributed by atoms with Crippen LogP contribution >= 0.6 is 7.60 Å². The van der Waals surface area contributed by atoms with Crippen molar-refractivity contribution in [3.8, 4) is 0 Å². The molecule has 22 heavy (non-hydrogen) atoms. The van der Waals surface area contributed by atoms with Gasteiger partial charge in [0, 0.05) is 0 Å². The van der Waals surface area contributed by atoms with E-state index in [2.05, 4.69) is 60.6 Å². The lowest BCUT2D eigenvalue weighted by Gasteiger charge is -2.30. The van der Waals surface area contributed by atoms with Crippen molar-refractivity contribution in [3.63, 3.8) is 0 Å². The van der Waals surface area contributed by atoms with Gasteiger partial charge >= 0.3 is 7.60 Å². The molecular formula is C18H31O3P.